The fourth-order valence-electron chi connectivity index (χ4n) is 1.16. The van der Waals surface area contributed by atoms with Crippen LogP contribution < -0.4 is 4.74 Å². The zero-order chi connectivity index (χ0) is 10.4. The Hall–Kier alpha value is -0.870. The van der Waals surface area contributed by atoms with Crippen LogP contribution in [0.15, 0.2) is 24.3 Å². The molecule has 0 saturated carbocycles. The molecule has 1 atom stereocenters. The first-order valence-corrected chi connectivity index (χ1v) is 5.79. The predicted molar refractivity (Wildman–Crippen MR) is 57.0 cm³/mol. The molecule has 0 heterocycles. The van der Waals surface area contributed by atoms with Crippen molar-refractivity contribution in [2.75, 3.05) is 12.4 Å². The number of aryl methyl sites for hydroxylation is 1. The van der Waals surface area contributed by atoms with Crippen LogP contribution in [0.1, 0.15) is 12.5 Å². The van der Waals surface area contributed by atoms with Gasteiger partial charge in [-0.3, -0.25) is 0 Å². The standard InChI is InChI=1S/C10H14O3S/c1-2-13-10-5-3-4-9(8-10)6-7-14(11)12/h3-5,8H,2,6-7H2,1H3,(H,11,12). The maximum absolute atomic E-state index is 10.5. The normalized spacial score (nSPS) is 12.4. The van der Waals surface area contributed by atoms with E-state index in [1.165, 1.54) is 0 Å². The van der Waals surface area contributed by atoms with E-state index in [9.17, 15) is 4.21 Å². The molecule has 78 valence electrons. The lowest BCUT2D eigenvalue weighted by molar-refractivity contribution is 0.340. The molecule has 1 aromatic rings. The summed E-state index contributed by atoms with van der Waals surface area (Å²) in [4.78, 5) is 0. The highest BCUT2D eigenvalue weighted by atomic mass is 32.2. The predicted octanol–water partition coefficient (Wildman–Crippen LogP) is 1.85. The molecular weight excluding hydrogens is 200 g/mol. The molecule has 1 aromatic carbocycles. The highest BCUT2D eigenvalue weighted by Gasteiger charge is 1.98. The summed E-state index contributed by atoms with van der Waals surface area (Å²) in [5.74, 6) is 1.09. The highest BCUT2D eigenvalue weighted by Crippen LogP contribution is 2.13. The lowest BCUT2D eigenvalue weighted by Gasteiger charge is -2.04. The Morgan fingerprint density at radius 2 is 2.29 bits per heavy atom. The second kappa shape index (κ2) is 5.78. The third-order valence-electron chi connectivity index (χ3n) is 1.77. The van der Waals surface area contributed by atoms with Crippen molar-refractivity contribution in [3.63, 3.8) is 0 Å². The molecular formula is C10H14O3S. The van der Waals surface area contributed by atoms with E-state index in [4.69, 9.17) is 9.29 Å². The van der Waals surface area contributed by atoms with Gasteiger partial charge in [-0.05, 0) is 31.0 Å². The van der Waals surface area contributed by atoms with E-state index >= 15 is 0 Å². The van der Waals surface area contributed by atoms with E-state index in [2.05, 4.69) is 0 Å². The summed E-state index contributed by atoms with van der Waals surface area (Å²) in [6.45, 7) is 2.56. The summed E-state index contributed by atoms with van der Waals surface area (Å²) in [5.41, 5.74) is 1.03. The number of hydrogen-bond donors (Lipinski definition) is 1. The molecule has 0 bridgehead atoms. The van der Waals surface area contributed by atoms with E-state index in [0.29, 0.717) is 13.0 Å². The summed E-state index contributed by atoms with van der Waals surface area (Å²) >= 11 is -1.72. The average molecular weight is 214 g/mol. The molecule has 0 radical (unpaired) electrons. The van der Waals surface area contributed by atoms with E-state index in [-0.39, 0.29) is 5.75 Å². The number of benzene rings is 1. The van der Waals surface area contributed by atoms with Gasteiger partial charge < -0.3 is 9.29 Å². The van der Waals surface area contributed by atoms with Gasteiger partial charge in [-0.2, -0.15) is 0 Å². The summed E-state index contributed by atoms with van der Waals surface area (Å²) < 4.78 is 24.4. The largest absolute Gasteiger partial charge is 0.494 e. The minimum absolute atomic E-state index is 0.273. The van der Waals surface area contributed by atoms with Crippen LogP contribution in [-0.2, 0) is 17.5 Å². The quantitative estimate of drug-likeness (QED) is 0.761. The van der Waals surface area contributed by atoms with Crippen molar-refractivity contribution in [2.24, 2.45) is 0 Å². The van der Waals surface area contributed by atoms with Gasteiger partial charge in [-0.1, -0.05) is 12.1 Å². The summed E-state index contributed by atoms with van der Waals surface area (Å²) in [5, 5.41) is 0. The van der Waals surface area contributed by atoms with Crippen LogP contribution in [0.25, 0.3) is 0 Å². The van der Waals surface area contributed by atoms with Crippen LogP contribution in [0.4, 0.5) is 0 Å². The molecule has 0 aliphatic rings. The first-order chi connectivity index (χ1) is 6.72. The molecule has 0 amide bonds. The first-order valence-electron chi connectivity index (χ1n) is 4.51. The molecule has 0 fully saturated rings. The Morgan fingerprint density at radius 3 is 2.93 bits per heavy atom. The summed E-state index contributed by atoms with van der Waals surface area (Å²) in [7, 11) is 0. The molecule has 1 unspecified atom stereocenters. The van der Waals surface area contributed by atoms with Crippen molar-refractivity contribution in [2.45, 2.75) is 13.3 Å². The van der Waals surface area contributed by atoms with Gasteiger partial charge in [0, 0.05) is 0 Å². The smallest absolute Gasteiger partial charge is 0.153 e. The van der Waals surface area contributed by atoms with Crippen molar-refractivity contribution in [1.82, 2.24) is 0 Å². The van der Waals surface area contributed by atoms with Crippen molar-refractivity contribution in [3.8, 4) is 5.75 Å². The maximum Gasteiger partial charge on any atom is 0.153 e. The van der Waals surface area contributed by atoms with Gasteiger partial charge in [-0.25, -0.2) is 4.21 Å². The van der Waals surface area contributed by atoms with E-state index < -0.39 is 11.1 Å². The Balaban J connectivity index is 2.58. The molecule has 0 spiro atoms. The maximum atomic E-state index is 10.5. The van der Waals surface area contributed by atoms with Gasteiger partial charge in [0.05, 0.1) is 12.4 Å². The van der Waals surface area contributed by atoms with Crippen LogP contribution in [0.3, 0.4) is 0 Å². The van der Waals surface area contributed by atoms with Gasteiger partial charge >= 0.3 is 0 Å². The fraction of sp³-hybridized carbons (Fsp3) is 0.400. The van der Waals surface area contributed by atoms with Crippen molar-refractivity contribution >= 4 is 11.1 Å². The molecule has 0 saturated heterocycles. The van der Waals surface area contributed by atoms with Crippen molar-refractivity contribution < 1.29 is 13.5 Å². The minimum Gasteiger partial charge on any atom is -0.494 e. The molecule has 14 heavy (non-hydrogen) atoms. The Bertz CT molecular complexity index is 312. The van der Waals surface area contributed by atoms with Gasteiger partial charge in [0.25, 0.3) is 0 Å². The number of rotatable bonds is 5. The van der Waals surface area contributed by atoms with Crippen LogP contribution in [-0.4, -0.2) is 21.1 Å². The Labute approximate surface area is 86.4 Å². The van der Waals surface area contributed by atoms with Gasteiger partial charge in [0.15, 0.2) is 11.1 Å². The Kier molecular flexibility index (Phi) is 4.62. The third-order valence-corrected chi connectivity index (χ3v) is 2.33. The molecule has 0 aromatic heterocycles. The zero-order valence-electron chi connectivity index (χ0n) is 8.10. The van der Waals surface area contributed by atoms with Gasteiger partial charge in [0.2, 0.25) is 0 Å². The molecule has 1 rings (SSSR count). The minimum atomic E-state index is -1.72. The van der Waals surface area contributed by atoms with Crippen LogP contribution >= 0.6 is 0 Å². The topological polar surface area (TPSA) is 46.5 Å². The van der Waals surface area contributed by atoms with Gasteiger partial charge in [0.1, 0.15) is 5.75 Å². The summed E-state index contributed by atoms with van der Waals surface area (Å²) in [6, 6.07) is 7.59. The van der Waals surface area contributed by atoms with Crippen molar-refractivity contribution in [3.05, 3.63) is 29.8 Å². The highest BCUT2D eigenvalue weighted by molar-refractivity contribution is 7.79. The zero-order valence-corrected chi connectivity index (χ0v) is 8.92. The van der Waals surface area contributed by atoms with Crippen LogP contribution in [0.2, 0.25) is 0 Å². The average Bonchev–Trinajstić information content (AvgIpc) is 2.16. The SMILES string of the molecule is CCOc1cccc(CCS(=O)O)c1. The second-order valence-electron chi connectivity index (χ2n) is 2.86. The molecule has 1 N–H and O–H groups in total. The molecule has 0 aliphatic heterocycles. The number of hydrogen-bond acceptors (Lipinski definition) is 2. The number of ether oxygens (including phenoxy) is 1. The Morgan fingerprint density at radius 1 is 1.50 bits per heavy atom. The first kappa shape index (κ1) is 11.2. The van der Waals surface area contributed by atoms with Crippen LogP contribution in [0.5, 0.6) is 5.75 Å². The lowest BCUT2D eigenvalue weighted by atomic mass is 10.2. The molecule has 3 nitrogen and oxygen atoms in total. The summed E-state index contributed by atoms with van der Waals surface area (Å²) in [6.07, 6.45) is 0.601. The van der Waals surface area contributed by atoms with E-state index in [0.717, 1.165) is 11.3 Å². The van der Waals surface area contributed by atoms with Gasteiger partial charge in [-0.15, -0.1) is 0 Å². The monoisotopic (exact) mass is 214 g/mol. The molecule has 0 aliphatic carbocycles. The van der Waals surface area contributed by atoms with Crippen molar-refractivity contribution in [1.29, 1.82) is 0 Å². The third kappa shape index (κ3) is 3.89. The van der Waals surface area contributed by atoms with Crippen LogP contribution in [0, 0.1) is 0 Å². The van der Waals surface area contributed by atoms with E-state index in [1.807, 2.05) is 31.2 Å². The second-order valence-corrected chi connectivity index (χ2v) is 3.91. The molecule has 4 heteroatoms. The fourth-order valence-corrected chi connectivity index (χ4v) is 1.57. The van der Waals surface area contributed by atoms with E-state index in [1.54, 1.807) is 0 Å². The lowest BCUT2D eigenvalue weighted by Crippen LogP contribution is -1.99.